The zero-order chi connectivity index (χ0) is 54.3. The molecular formula is C69H116O6. The van der Waals surface area contributed by atoms with Crippen molar-refractivity contribution in [1.82, 2.24) is 0 Å². The molecule has 0 saturated heterocycles. The molecule has 0 fully saturated rings. The van der Waals surface area contributed by atoms with E-state index in [0.29, 0.717) is 19.3 Å². The van der Waals surface area contributed by atoms with E-state index in [1.165, 1.54) is 116 Å². The minimum atomic E-state index is -0.796. The number of rotatable bonds is 56. The number of carbonyl (C=O) groups excluding carboxylic acids is 3. The lowest BCUT2D eigenvalue weighted by Crippen LogP contribution is -2.30. The maximum Gasteiger partial charge on any atom is 0.306 e. The SMILES string of the molecule is CC/C=C\C/C=C\C/C=C\C/C=C\C/C=C\CCCCCCCCCC(=O)OCC(COC(=O)CCCCCCC/C=C\C/C=C\CCCCCC)OC(=O)CCCCCCCCC/C=C\C/C=C\CCCCCC. The Kier molecular flexibility index (Phi) is 59.3. The van der Waals surface area contributed by atoms with E-state index in [1.54, 1.807) is 0 Å². The van der Waals surface area contributed by atoms with Gasteiger partial charge in [-0.1, -0.05) is 252 Å². The molecule has 428 valence electrons. The predicted octanol–water partition coefficient (Wildman–Crippen LogP) is 21.4. The van der Waals surface area contributed by atoms with Crippen LogP contribution in [0.4, 0.5) is 0 Å². The summed E-state index contributed by atoms with van der Waals surface area (Å²) in [6, 6.07) is 0. The second kappa shape index (κ2) is 62.6. The van der Waals surface area contributed by atoms with Crippen LogP contribution in [0, 0.1) is 0 Å². The van der Waals surface area contributed by atoms with E-state index >= 15 is 0 Å². The molecule has 1 atom stereocenters. The van der Waals surface area contributed by atoms with Gasteiger partial charge in [-0.05, 0) is 128 Å². The van der Waals surface area contributed by atoms with E-state index in [-0.39, 0.29) is 31.1 Å². The second-order valence-electron chi connectivity index (χ2n) is 20.6. The average Bonchev–Trinajstić information content (AvgIpc) is 3.41. The van der Waals surface area contributed by atoms with Crippen LogP contribution in [-0.4, -0.2) is 37.2 Å². The highest BCUT2D eigenvalue weighted by atomic mass is 16.6. The highest BCUT2D eigenvalue weighted by molar-refractivity contribution is 5.71. The maximum absolute atomic E-state index is 12.9. The van der Waals surface area contributed by atoms with Crippen molar-refractivity contribution >= 4 is 17.9 Å². The average molecular weight is 1040 g/mol. The number of hydrogen-bond donors (Lipinski definition) is 0. The van der Waals surface area contributed by atoms with Gasteiger partial charge in [0, 0.05) is 19.3 Å². The molecule has 1 unspecified atom stereocenters. The van der Waals surface area contributed by atoms with Crippen molar-refractivity contribution in [3.8, 4) is 0 Å². The van der Waals surface area contributed by atoms with Gasteiger partial charge < -0.3 is 14.2 Å². The summed E-state index contributed by atoms with van der Waals surface area (Å²) in [6.07, 6.45) is 85.0. The third-order valence-corrected chi connectivity index (χ3v) is 13.2. The quantitative estimate of drug-likeness (QED) is 0.0261. The Bertz CT molecular complexity index is 1520. The van der Waals surface area contributed by atoms with Crippen LogP contribution in [0.5, 0.6) is 0 Å². The fraction of sp³-hybridized carbons (Fsp3) is 0.696. The molecule has 6 heteroatoms. The molecule has 0 amide bonds. The molecule has 0 spiro atoms. The highest BCUT2D eigenvalue weighted by Crippen LogP contribution is 2.15. The van der Waals surface area contributed by atoms with Gasteiger partial charge in [-0.2, -0.15) is 0 Å². The number of ether oxygens (including phenoxy) is 3. The predicted molar refractivity (Wildman–Crippen MR) is 325 cm³/mol. The lowest BCUT2D eigenvalue weighted by atomic mass is 10.1. The van der Waals surface area contributed by atoms with Gasteiger partial charge in [0.2, 0.25) is 0 Å². The number of esters is 3. The van der Waals surface area contributed by atoms with E-state index in [2.05, 4.69) is 130 Å². The number of allylic oxidation sites excluding steroid dienone is 18. The first-order chi connectivity index (χ1) is 37.0. The lowest BCUT2D eigenvalue weighted by molar-refractivity contribution is -0.167. The van der Waals surface area contributed by atoms with Crippen LogP contribution in [0.25, 0.3) is 0 Å². The molecule has 0 aliphatic carbocycles. The highest BCUT2D eigenvalue weighted by Gasteiger charge is 2.19. The van der Waals surface area contributed by atoms with Crippen molar-refractivity contribution in [2.45, 2.75) is 297 Å². The summed E-state index contributed by atoms with van der Waals surface area (Å²) in [4.78, 5) is 38.3. The third kappa shape index (κ3) is 60.8. The molecule has 0 aliphatic heterocycles. The molecule has 75 heavy (non-hydrogen) atoms. The van der Waals surface area contributed by atoms with Crippen molar-refractivity contribution < 1.29 is 28.6 Å². The maximum atomic E-state index is 12.9. The van der Waals surface area contributed by atoms with Crippen LogP contribution in [0.3, 0.4) is 0 Å². The number of carbonyl (C=O) groups is 3. The van der Waals surface area contributed by atoms with Crippen LogP contribution in [-0.2, 0) is 28.6 Å². The molecule has 0 aromatic rings. The van der Waals surface area contributed by atoms with Crippen molar-refractivity contribution in [2.24, 2.45) is 0 Å². The van der Waals surface area contributed by atoms with Crippen LogP contribution < -0.4 is 0 Å². The van der Waals surface area contributed by atoms with E-state index in [9.17, 15) is 14.4 Å². The van der Waals surface area contributed by atoms with Gasteiger partial charge in [0.25, 0.3) is 0 Å². The third-order valence-electron chi connectivity index (χ3n) is 13.2. The van der Waals surface area contributed by atoms with E-state index in [4.69, 9.17) is 14.2 Å². The Balaban J connectivity index is 4.43. The summed E-state index contributed by atoms with van der Waals surface area (Å²) in [5.74, 6) is -0.918. The molecule has 0 aromatic heterocycles. The van der Waals surface area contributed by atoms with Crippen LogP contribution in [0.15, 0.2) is 109 Å². The van der Waals surface area contributed by atoms with Crippen LogP contribution in [0.1, 0.15) is 290 Å². The Labute approximate surface area is 463 Å². The minimum Gasteiger partial charge on any atom is -0.462 e. The van der Waals surface area contributed by atoms with E-state index in [0.717, 1.165) is 135 Å². The molecule has 0 saturated carbocycles. The van der Waals surface area contributed by atoms with E-state index < -0.39 is 6.10 Å². The fourth-order valence-electron chi connectivity index (χ4n) is 8.53. The van der Waals surface area contributed by atoms with Crippen molar-refractivity contribution in [3.05, 3.63) is 109 Å². The lowest BCUT2D eigenvalue weighted by Gasteiger charge is -2.18. The zero-order valence-electron chi connectivity index (χ0n) is 49.0. The van der Waals surface area contributed by atoms with Gasteiger partial charge in [-0.15, -0.1) is 0 Å². The number of unbranched alkanes of at least 4 members (excludes halogenated alkanes) is 27. The van der Waals surface area contributed by atoms with Gasteiger partial charge in [0.05, 0.1) is 0 Å². The molecule has 0 aromatic carbocycles. The zero-order valence-corrected chi connectivity index (χ0v) is 49.0. The largest absolute Gasteiger partial charge is 0.462 e. The van der Waals surface area contributed by atoms with Crippen molar-refractivity contribution in [1.29, 1.82) is 0 Å². The van der Waals surface area contributed by atoms with Gasteiger partial charge in [-0.3, -0.25) is 14.4 Å². The van der Waals surface area contributed by atoms with Gasteiger partial charge >= 0.3 is 17.9 Å². The molecule has 0 rings (SSSR count). The molecule has 0 heterocycles. The number of hydrogen-bond acceptors (Lipinski definition) is 6. The smallest absolute Gasteiger partial charge is 0.306 e. The Morgan fingerprint density at radius 2 is 0.520 bits per heavy atom. The molecule has 0 N–H and O–H groups in total. The fourth-order valence-corrected chi connectivity index (χ4v) is 8.53. The Morgan fingerprint density at radius 3 is 0.813 bits per heavy atom. The summed E-state index contributed by atoms with van der Waals surface area (Å²) >= 11 is 0. The summed E-state index contributed by atoms with van der Waals surface area (Å²) in [6.45, 7) is 6.48. The molecule has 6 nitrogen and oxygen atoms in total. The minimum absolute atomic E-state index is 0.0927. The standard InChI is InChI=1S/C69H116O6/c1-4-7-10-13-16-19-22-25-28-31-33-34-35-36-37-39-41-44-47-50-53-56-59-62-68(71)74-65-66(64-73-67(70)61-58-55-52-49-46-43-40-30-27-24-21-18-15-12-9-6-3)75-69(72)63-60-57-54-51-48-45-42-38-32-29-26-23-20-17-14-11-8-5-2/h7,10,16,19-21,23-25,28-30,32-34,36-37,40,66H,4-6,8-9,11-15,17-18,22,26-27,31,35,38-39,41-65H2,1-3H3/b10-7-,19-16-,23-20-,24-21-,28-25-,32-29-,34-33-,37-36-,40-30-. The second-order valence-corrected chi connectivity index (χ2v) is 20.6. The first-order valence-corrected chi connectivity index (χ1v) is 31.4. The van der Waals surface area contributed by atoms with Crippen LogP contribution >= 0.6 is 0 Å². The summed E-state index contributed by atoms with van der Waals surface area (Å²) in [7, 11) is 0. The van der Waals surface area contributed by atoms with Gasteiger partial charge in [0.15, 0.2) is 6.10 Å². The summed E-state index contributed by atoms with van der Waals surface area (Å²) in [5, 5.41) is 0. The summed E-state index contributed by atoms with van der Waals surface area (Å²) in [5.41, 5.74) is 0. The summed E-state index contributed by atoms with van der Waals surface area (Å²) < 4.78 is 16.9. The first-order valence-electron chi connectivity index (χ1n) is 31.4. The van der Waals surface area contributed by atoms with Crippen LogP contribution in [0.2, 0.25) is 0 Å². The molecule has 0 radical (unpaired) electrons. The first kappa shape index (κ1) is 71.1. The topological polar surface area (TPSA) is 78.9 Å². The normalized spacial score (nSPS) is 12.8. The molecule has 0 bridgehead atoms. The molecular weight excluding hydrogens is 925 g/mol. The Morgan fingerprint density at radius 1 is 0.280 bits per heavy atom. The van der Waals surface area contributed by atoms with Gasteiger partial charge in [-0.25, -0.2) is 0 Å². The van der Waals surface area contributed by atoms with Crippen molar-refractivity contribution in [2.75, 3.05) is 13.2 Å². The molecule has 0 aliphatic rings. The monoisotopic (exact) mass is 1040 g/mol. The Hall–Kier alpha value is -3.93. The van der Waals surface area contributed by atoms with Crippen molar-refractivity contribution in [3.63, 3.8) is 0 Å². The van der Waals surface area contributed by atoms with E-state index in [1.807, 2.05) is 0 Å². The van der Waals surface area contributed by atoms with Gasteiger partial charge in [0.1, 0.15) is 13.2 Å².